The number of aryl methyl sites for hydroxylation is 2. The number of halogens is 3. The van der Waals surface area contributed by atoms with Crippen LogP contribution in [-0.4, -0.2) is 27.1 Å². The quantitative estimate of drug-likeness (QED) is 0.210. The van der Waals surface area contributed by atoms with Crippen molar-refractivity contribution in [1.82, 2.24) is 9.97 Å². The molecule has 2 heterocycles. The van der Waals surface area contributed by atoms with Crippen LogP contribution < -0.4 is 5.46 Å². The van der Waals surface area contributed by atoms with E-state index in [9.17, 15) is 0 Å². The summed E-state index contributed by atoms with van der Waals surface area (Å²) in [6.07, 6.45) is 3.71. The van der Waals surface area contributed by atoms with Gasteiger partial charge >= 0.3 is 7.12 Å². The first-order valence-corrected chi connectivity index (χ1v) is 12.0. The molecule has 0 unspecified atom stereocenters. The Labute approximate surface area is 214 Å². The van der Waals surface area contributed by atoms with Crippen LogP contribution in [-0.2, 0) is 0 Å². The van der Waals surface area contributed by atoms with Crippen LogP contribution in [0, 0.1) is 13.8 Å². The Hall–Kier alpha value is -1.84. The average Bonchev–Trinajstić information content (AvgIpc) is 2.77. The largest absolute Gasteiger partial charge is 0.488 e. The Balaban J connectivity index is 0.000000178. The third-order valence-electron chi connectivity index (χ3n) is 4.05. The predicted molar refractivity (Wildman–Crippen MR) is 143 cm³/mol. The molecule has 0 atom stereocenters. The highest BCUT2D eigenvalue weighted by Gasteiger charge is 2.09. The molecule has 164 valence electrons. The Kier molecular flexibility index (Phi) is 11.3. The zero-order valence-electron chi connectivity index (χ0n) is 17.6. The number of hydrogen-bond donors (Lipinski definition) is 2. The van der Waals surface area contributed by atoms with Crippen LogP contribution in [0.1, 0.15) is 11.1 Å². The molecule has 4 rings (SSSR count). The monoisotopic (exact) mass is 618 g/mol. The summed E-state index contributed by atoms with van der Waals surface area (Å²) in [6, 6.07) is 23.1. The fourth-order valence-electron chi connectivity index (χ4n) is 2.40. The van der Waals surface area contributed by atoms with Gasteiger partial charge in [-0.3, -0.25) is 4.98 Å². The summed E-state index contributed by atoms with van der Waals surface area (Å²) in [4.78, 5) is 8.36. The molecule has 0 saturated heterocycles. The molecule has 0 aliphatic carbocycles. The van der Waals surface area contributed by atoms with Gasteiger partial charge in [-0.2, -0.15) is 0 Å². The minimum Gasteiger partial charge on any atom is -0.423 e. The van der Waals surface area contributed by atoms with Crippen LogP contribution in [0.4, 0.5) is 0 Å². The molecule has 2 aromatic carbocycles. The first kappa shape index (κ1) is 26.4. The van der Waals surface area contributed by atoms with Gasteiger partial charge in [-0.25, -0.2) is 4.98 Å². The highest BCUT2D eigenvalue weighted by Crippen LogP contribution is 2.20. The minimum absolute atomic E-state index is 0.495. The maximum atomic E-state index is 8.68. The van der Waals surface area contributed by atoms with E-state index in [1.807, 2.05) is 62.6 Å². The Morgan fingerprint density at radius 2 is 1.28 bits per heavy atom. The van der Waals surface area contributed by atoms with Gasteiger partial charge in [0.15, 0.2) is 0 Å². The zero-order chi connectivity index (χ0) is 23.5. The second-order valence-corrected chi connectivity index (χ2v) is 9.46. The van der Waals surface area contributed by atoms with Gasteiger partial charge in [-0.1, -0.05) is 68.3 Å². The van der Waals surface area contributed by atoms with Gasteiger partial charge in [-0.15, -0.1) is 0 Å². The third-order valence-corrected chi connectivity index (χ3v) is 5.51. The highest BCUT2D eigenvalue weighted by atomic mass is 79.9. The lowest BCUT2D eigenvalue weighted by atomic mass is 9.81. The van der Waals surface area contributed by atoms with Crippen molar-refractivity contribution in [3.8, 4) is 11.3 Å². The number of aromatic nitrogens is 2. The number of pyridine rings is 2. The van der Waals surface area contributed by atoms with Crippen molar-refractivity contribution in [3.63, 3.8) is 0 Å². The van der Waals surface area contributed by atoms with Gasteiger partial charge in [0.2, 0.25) is 0 Å². The van der Waals surface area contributed by atoms with Crippen molar-refractivity contribution >= 4 is 60.4 Å². The lowest BCUT2D eigenvalue weighted by molar-refractivity contribution is 0.426. The number of rotatable bonds is 2. The maximum Gasteiger partial charge on any atom is 0.488 e. The zero-order valence-corrected chi connectivity index (χ0v) is 22.3. The predicted octanol–water partition coefficient (Wildman–Crippen LogP) is 6.10. The number of nitrogens with zero attached hydrogens (tertiary/aromatic N) is 2. The molecule has 8 heteroatoms. The van der Waals surface area contributed by atoms with E-state index >= 15 is 0 Å². The van der Waals surface area contributed by atoms with E-state index in [1.54, 1.807) is 18.2 Å². The van der Waals surface area contributed by atoms with E-state index in [-0.39, 0.29) is 0 Å². The molecule has 0 aliphatic heterocycles. The Morgan fingerprint density at radius 1 is 0.688 bits per heavy atom. The molecule has 4 nitrogen and oxygen atoms in total. The van der Waals surface area contributed by atoms with Crippen LogP contribution in [0.15, 0.2) is 98.7 Å². The summed E-state index contributed by atoms with van der Waals surface area (Å²) in [6.45, 7) is 4.05. The summed E-state index contributed by atoms with van der Waals surface area (Å²) < 4.78 is 2.82. The summed E-state index contributed by atoms with van der Waals surface area (Å²) in [5.41, 5.74) is 5.02. The summed E-state index contributed by atoms with van der Waals surface area (Å²) in [5.74, 6) is 0. The van der Waals surface area contributed by atoms with Gasteiger partial charge in [0.05, 0.1) is 5.69 Å². The third kappa shape index (κ3) is 9.75. The first-order valence-electron chi connectivity index (χ1n) is 9.63. The molecule has 0 spiro atoms. The lowest BCUT2D eigenvalue weighted by Crippen LogP contribution is -2.29. The SMILES string of the molecule is Cc1ccc(-c2cccc(Br)c2)nc1.Cc1ccc(Br)nc1.OB(O)c1cccc(Br)c1. The molecule has 0 radical (unpaired) electrons. The van der Waals surface area contributed by atoms with Gasteiger partial charge < -0.3 is 10.0 Å². The van der Waals surface area contributed by atoms with Gasteiger partial charge in [0, 0.05) is 26.9 Å². The van der Waals surface area contributed by atoms with Crippen molar-refractivity contribution in [3.05, 3.63) is 110 Å². The molecule has 2 N–H and O–H groups in total. The fourth-order valence-corrected chi connectivity index (χ4v) is 3.45. The highest BCUT2D eigenvalue weighted by molar-refractivity contribution is 9.11. The maximum absolute atomic E-state index is 8.68. The Bertz CT molecular complexity index is 1090. The summed E-state index contributed by atoms with van der Waals surface area (Å²) >= 11 is 9.89. The molecule has 4 aromatic rings. The normalized spacial score (nSPS) is 9.72. The van der Waals surface area contributed by atoms with E-state index < -0.39 is 7.12 Å². The molecular formula is C24H22BBr3N2O2. The van der Waals surface area contributed by atoms with Crippen LogP contribution in [0.5, 0.6) is 0 Å². The number of hydrogen-bond acceptors (Lipinski definition) is 4. The second kappa shape index (κ2) is 13.7. The van der Waals surface area contributed by atoms with Gasteiger partial charge in [-0.05, 0) is 82.8 Å². The summed E-state index contributed by atoms with van der Waals surface area (Å²) in [5, 5.41) is 17.4. The smallest absolute Gasteiger partial charge is 0.423 e. The van der Waals surface area contributed by atoms with Crippen molar-refractivity contribution in [2.45, 2.75) is 13.8 Å². The van der Waals surface area contributed by atoms with E-state index in [4.69, 9.17) is 10.0 Å². The topological polar surface area (TPSA) is 66.2 Å². The minimum atomic E-state index is -1.38. The van der Waals surface area contributed by atoms with Gasteiger partial charge in [0.1, 0.15) is 4.60 Å². The van der Waals surface area contributed by atoms with Crippen LogP contribution in [0.2, 0.25) is 0 Å². The van der Waals surface area contributed by atoms with E-state index in [0.717, 1.165) is 24.8 Å². The van der Waals surface area contributed by atoms with Crippen molar-refractivity contribution in [1.29, 1.82) is 0 Å². The van der Waals surface area contributed by atoms with E-state index in [2.05, 4.69) is 76.0 Å². The Morgan fingerprint density at radius 3 is 1.72 bits per heavy atom. The van der Waals surface area contributed by atoms with Crippen molar-refractivity contribution in [2.24, 2.45) is 0 Å². The van der Waals surface area contributed by atoms with Crippen LogP contribution in [0.25, 0.3) is 11.3 Å². The number of benzene rings is 2. The van der Waals surface area contributed by atoms with Crippen LogP contribution in [0.3, 0.4) is 0 Å². The van der Waals surface area contributed by atoms with E-state index in [0.29, 0.717) is 5.46 Å². The van der Waals surface area contributed by atoms with Crippen LogP contribution >= 0.6 is 47.8 Å². The molecular weight excluding hydrogens is 599 g/mol. The summed E-state index contributed by atoms with van der Waals surface area (Å²) in [7, 11) is -1.38. The standard InChI is InChI=1S/C12H10BrN.C6H6BBrO2.C6H6BrN/c1-9-5-6-12(14-8-9)10-3-2-4-11(13)7-10;8-6-3-1-2-5(4-6)7(9)10;1-5-2-3-6(7)8-4-5/h2-8H,1H3;1-4,9-10H;2-4H,1H3. The lowest BCUT2D eigenvalue weighted by Gasteiger charge is -2.01. The molecule has 0 amide bonds. The molecule has 0 fully saturated rings. The van der Waals surface area contributed by atoms with E-state index in [1.165, 1.54) is 11.1 Å². The molecule has 0 saturated carbocycles. The second-order valence-electron chi connectivity index (χ2n) is 6.82. The van der Waals surface area contributed by atoms with Crippen molar-refractivity contribution in [2.75, 3.05) is 0 Å². The fraction of sp³-hybridized carbons (Fsp3) is 0.0833. The first-order chi connectivity index (χ1) is 15.2. The molecule has 2 aromatic heterocycles. The molecule has 32 heavy (non-hydrogen) atoms. The van der Waals surface area contributed by atoms with Crippen molar-refractivity contribution < 1.29 is 10.0 Å². The van der Waals surface area contributed by atoms with Gasteiger partial charge in [0.25, 0.3) is 0 Å². The average molecular weight is 621 g/mol. The molecule has 0 aliphatic rings. The molecule has 0 bridgehead atoms.